The smallest absolute Gasteiger partial charge is 0.248 e. The number of hydrogen-bond donors (Lipinski definition) is 1. The van der Waals surface area contributed by atoms with Crippen LogP contribution in [0.3, 0.4) is 0 Å². The van der Waals surface area contributed by atoms with Gasteiger partial charge in [0.05, 0.1) is 13.7 Å². The first-order valence-corrected chi connectivity index (χ1v) is 11.4. The molecule has 1 heterocycles. The summed E-state index contributed by atoms with van der Waals surface area (Å²) in [7, 11) is 1.64. The van der Waals surface area contributed by atoms with Crippen LogP contribution in [-0.2, 0) is 5.75 Å². The van der Waals surface area contributed by atoms with Crippen molar-refractivity contribution in [2.75, 3.05) is 13.7 Å². The average molecular weight is 461 g/mol. The van der Waals surface area contributed by atoms with E-state index in [0.29, 0.717) is 23.7 Å². The normalized spacial score (nSPS) is 10.7. The molecular formula is C25H24N4O3S. The van der Waals surface area contributed by atoms with E-state index in [0.717, 1.165) is 33.5 Å². The SMILES string of the molecule is CCOc1ccc(-n2c(SCc3cccc(C(N)=O)c3)nnc2-c2cccc(OC)c2)cc1. The lowest BCUT2D eigenvalue weighted by atomic mass is 10.1. The maximum Gasteiger partial charge on any atom is 0.248 e. The highest BCUT2D eigenvalue weighted by atomic mass is 32.2. The van der Waals surface area contributed by atoms with Gasteiger partial charge in [0.25, 0.3) is 0 Å². The van der Waals surface area contributed by atoms with Crippen LogP contribution in [0.2, 0.25) is 0 Å². The molecular weight excluding hydrogens is 436 g/mol. The van der Waals surface area contributed by atoms with Gasteiger partial charge in [-0.1, -0.05) is 36.0 Å². The first-order chi connectivity index (χ1) is 16.1. The molecule has 0 aliphatic carbocycles. The Kier molecular flexibility index (Phi) is 6.95. The molecule has 0 atom stereocenters. The Morgan fingerprint density at radius 2 is 1.79 bits per heavy atom. The van der Waals surface area contributed by atoms with Gasteiger partial charge in [-0.05, 0) is 61.0 Å². The molecule has 0 saturated heterocycles. The van der Waals surface area contributed by atoms with Gasteiger partial charge in [0, 0.05) is 22.6 Å². The predicted octanol–water partition coefficient (Wildman–Crippen LogP) is 4.73. The van der Waals surface area contributed by atoms with Crippen LogP contribution in [0.25, 0.3) is 17.1 Å². The Balaban J connectivity index is 1.71. The number of aromatic nitrogens is 3. The third kappa shape index (κ3) is 5.18. The number of carbonyl (C=O) groups is 1. The Morgan fingerprint density at radius 3 is 2.52 bits per heavy atom. The fourth-order valence-electron chi connectivity index (χ4n) is 3.37. The van der Waals surface area contributed by atoms with Crippen LogP contribution >= 0.6 is 11.8 Å². The van der Waals surface area contributed by atoms with Crippen molar-refractivity contribution >= 4 is 17.7 Å². The molecule has 1 amide bonds. The van der Waals surface area contributed by atoms with Crippen molar-refractivity contribution in [1.82, 2.24) is 14.8 Å². The summed E-state index contributed by atoms with van der Waals surface area (Å²) in [5, 5.41) is 9.68. The number of thioether (sulfide) groups is 1. The molecule has 8 heteroatoms. The van der Waals surface area contributed by atoms with E-state index in [1.54, 1.807) is 19.2 Å². The molecule has 0 aliphatic rings. The van der Waals surface area contributed by atoms with Crippen molar-refractivity contribution in [1.29, 1.82) is 0 Å². The minimum Gasteiger partial charge on any atom is -0.497 e. The van der Waals surface area contributed by atoms with Crippen molar-refractivity contribution in [2.45, 2.75) is 17.8 Å². The van der Waals surface area contributed by atoms with Crippen molar-refractivity contribution in [3.05, 3.63) is 83.9 Å². The Hall–Kier alpha value is -3.78. The number of amides is 1. The second kappa shape index (κ2) is 10.2. The average Bonchev–Trinajstić information content (AvgIpc) is 3.27. The molecule has 33 heavy (non-hydrogen) atoms. The van der Waals surface area contributed by atoms with Gasteiger partial charge in [-0.2, -0.15) is 0 Å². The standard InChI is InChI=1S/C25H24N4O3S/c1-3-32-21-12-10-20(11-13-21)29-24(19-8-5-9-22(15-19)31-2)27-28-25(29)33-16-17-6-4-7-18(14-17)23(26)30/h4-15H,3,16H2,1-2H3,(H2,26,30). The number of ether oxygens (including phenoxy) is 2. The highest BCUT2D eigenvalue weighted by molar-refractivity contribution is 7.98. The van der Waals surface area contributed by atoms with E-state index >= 15 is 0 Å². The second-order valence-electron chi connectivity index (χ2n) is 7.15. The molecule has 0 radical (unpaired) electrons. The summed E-state index contributed by atoms with van der Waals surface area (Å²) in [5.74, 6) is 2.40. The summed E-state index contributed by atoms with van der Waals surface area (Å²) in [6.45, 7) is 2.56. The van der Waals surface area contributed by atoms with Gasteiger partial charge in [0.1, 0.15) is 11.5 Å². The quantitative estimate of drug-likeness (QED) is 0.363. The minimum absolute atomic E-state index is 0.445. The number of nitrogens with two attached hydrogens (primary N) is 1. The number of carbonyl (C=O) groups excluding carboxylic acids is 1. The Labute approximate surface area is 196 Å². The number of primary amides is 1. The predicted molar refractivity (Wildman–Crippen MR) is 129 cm³/mol. The monoisotopic (exact) mass is 460 g/mol. The molecule has 0 saturated carbocycles. The highest BCUT2D eigenvalue weighted by Crippen LogP contribution is 2.31. The minimum atomic E-state index is -0.445. The van der Waals surface area contributed by atoms with Crippen LogP contribution in [-0.4, -0.2) is 34.4 Å². The van der Waals surface area contributed by atoms with Crippen molar-refractivity contribution in [2.24, 2.45) is 5.73 Å². The lowest BCUT2D eigenvalue weighted by Crippen LogP contribution is -2.10. The summed E-state index contributed by atoms with van der Waals surface area (Å²) in [6.07, 6.45) is 0. The Morgan fingerprint density at radius 1 is 1.00 bits per heavy atom. The number of hydrogen-bond acceptors (Lipinski definition) is 6. The van der Waals surface area contributed by atoms with Gasteiger partial charge < -0.3 is 15.2 Å². The zero-order valence-electron chi connectivity index (χ0n) is 18.4. The number of methoxy groups -OCH3 is 1. The maximum absolute atomic E-state index is 11.5. The van der Waals surface area contributed by atoms with Gasteiger partial charge >= 0.3 is 0 Å². The van der Waals surface area contributed by atoms with E-state index < -0.39 is 5.91 Å². The fourth-order valence-corrected chi connectivity index (χ4v) is 4.26. The summed E-state index contributed by atoms with van der Waals surface area (Å²) in [5.41, 5.74) is 8.68. The van der Waals surface area contributed by atoms with Gasteiger partial charge in [-0.25, -0.2) is 0 Å². The fraction of sp³-hybridized carbons (Fsp3) is 0.160. The molecule has 4 aromatic rings. The van der Waals surface area contributed by atoms with E-state index in [-0.39, 0.29) is 0 Å². The molecule has 7 nitrogen and oxygen atoms in total. The molecule has 1 aromatic heterocycles. The largest absolute Gasteiger partial charge is 0.497 e. The molecule has 4 rings (SSSR count). The first-order valence-electron chi connectivity index (χ1n) is 10.4. The van der Waals surface area contributed by atoms with Crippen LogP contribution < -0.4 is 15.2 Å². The zero-order valence-corrected chi connectivity index (χ0v) is 19.2. The number of nitrogens with zero attached hydrogens (tertiary/aromatic N) is 3. The molecule has 0 aliphatic heterocycles. The van der Waals surface area contributed by atoms with Crippen LogP contribution in [0, 0.1) is 0 Å². The third-order valence-electron chi connectivity index (χ3n) is 4.95. The van der Waals surface area contributed by atoms with Crippen LogP contribution in [0.4, 0.5) is 0 Å². The highest BCUT2D eigenvalue weighted by Gasteiger charge is 2.17. The van der Waals surface area contributed by atoms with Crippen LogP contribution in [0.15, 0.2) is 78.0 Å². The first kappa shape index (κ1) is 22.4. The number of benzene rings is 3. The molecule has 2 N–H and O–H groups in total. The van der Waals surface area contributed by atoms with E-state index in [1.165, 1.54) is 11.8 Å². The lowest BCUT2D eigenvalue weighted by molar-refractivity contribution is 0.1000. The molecule has 0 fully saturated rings. The molecule has 0 bridgehead atoms. The van der Waals surface area contributed by atoms with Gasteiger partial charge in [-0.3, -0.25) is 9.36 Å². The third-order valence-corrected chi connectivity index (χ3v) is 5.95. The van der Waals surface area contributed by atoms with Crippen LogP contribution in [0.5, 0.6) is 11.5 Å². The Bertz CT molecular complexity index is 1250. The lowest BCUT2D eigenvalue weighted by Gasteiger charge is -2.12. The van der Waals surface area contributed by atoms with E-state index in [1.807, 2.05) is 72.2 Å². The van der Waals surface area contributed by atoms with E-state index in [4.69, 9.17) is 15.2 Å². The molecule has 3 aromatic carbocycles. The van der Waals surface area contributed by atoms with E-state index in [2.05, 4.69) is 10.2 Å². The van der Waals surface area contributed by atoms with Crippen molar-refractivity contribution < 1.29 is 14.3 Å². The summed E-state index contributed by atoms with van der Waals surface area (Å²) in [4.78, 5) is 11.5. The maximum atomic E-state index is 11.5. The molecule has 0 unspecified atom stereocenters. The zero-order chi connectivity index (χ0) is 23.2. The van der Waals surface area contributed by atoms with Crippen LogP contribution in [0.1, 0.15) is 22.8 Å². The van der Waals surface area contributed by atoms with Gasteiger partial charge in [0.2, 0.25) is 5.91 Å². The summed E-state index contributed by atoms with van der Waals surface area (Å²) in [6, 6.07) is 22.8. The van der Waals surface area contributed by atoms with E-state index in [9.17, 15) is 4.79 Å². The summed E-state index contributed by atoms with van der Waals surface area (Å²) < 4.78 is 13.0. The number of rotatable bonds is 9. The molecule has 168 valence electrons. The van der Waals surface area contributed by atoms with Crippen molar-refractivity contribution in [3.63, 3.8) is 0 Å². The molecule has 0 spiro atoms. The topological polar surface area (TPSA) is 92.3 Å². The summed E-state index contributed by atoms with van der Waals surface area (Å²) >= 11 is 1.53. The van der Waals surface area contributed by atoms with Crippen molar-refractivity contribution in [3.8, 4) is 28.6 Å². The van der Waals surface area contributed by atoms with Gasteiger partial charge in [0.15, 0.2) is 11.0 Å². The second-order valence-corrected chi connectivity index (χ2v) is 8.10. The van der Waals surface area contributed by atoms with Gasteiger partial charge in [-0.15, -0.1) is 10.2 Å².